The SMILES string of the molecule is CCOC(=O)CCCNC(=O)CCNC(=O)c1ccsc1. The van der Waals surface area contributed by atoms with Crippen LogP contribution in [0.3, 0.4) is 0 Å². The molecule has 1 aromatic rings. The molecule has 0 atom stereocenters. The molecule has 7 heteroatoms. The highest BCUT2D eigenvalue weighted by atomic mass is 32.1. The molecular formula is C14H20N2O4S. The Labute approximate surface area is 127 Å². The number of hydrogen-bond acceptors (Lipinski definition) is 5. The highest BCUT2D eigenvalue weighted by Crippen LogP contribution is 2.04. The van der Waals surface area contributed by atoms with E-state index in [2.05, 4.69) is 10.6 Å². The molecule has 0 saturated carbocycles. The summed E-state index contributed by atoms with van der Waals surface area (Å²) in [5.41, 5.74) is 0.606. The molecule has 0 radical (unpaired) electrons. The van der Waals surface area contributed by atoms with Crippen molar-refractivity contribution in [2.75, 3.05) is 19.7 Å². The van der Waals surface area contributed by atoms with Gasteiger partial charge in [-0.15, -0.1) is 0 Å². The summed E-state index contributed by atoms with van der Waals surface area (Å²) in [6.45, 7) is 2.84. The molecular weight excluding hydrogens is 292 g/mol. The van der Waals surface area contributed by atoms with Gasteiger partial charge >= 0.3 is 5.97 Å². The predicted molar refractivity (Wildman–Crippen MR) is 80.1 cm³/mol. The monoisotopic (exact) mass is 312 g/mol. The smallest absolute Gasteiger partial charge is 0.305 e. The van der Waals surface area contributed by atoms with Gasteiger partial charge in [0.25, 0.3) is 5.91 Å². The molecule has 0 unspecified atom stereocenters. The van der Waals surface area contributed by atoms with Crippen molar-refractivity contribution in [3.05, 3.63) is 22.4 Å². The zero-order valence-electron chi connectivity index (χ0n) is 12.0. The Hall–Kier alpha value is -1.89. The standard InChI is InChI=1S/C14H20N2O4S/c1-2-20-13(18)4-3-7-15-12(17)5-8-16-14(19)11-6-9-21-10-11/h6,9-10H,2-5,7-8H2,1H3,(H,15,17)(H,16,19). The lowest BCUT2D eigenvalue weighted by molar-refractivity contribution is -0.143. The molecule has 2 N–H and O–H groups in total. The molecule has 0 aliphatic rings. The third-order valence-corrected chi connectivity index (χ3v) is 3.29. The fraction of sp³-hybridized carbons (Fsp3) is 0.500. The van der Waals surface area contributed by atoms with E-state index in [0.29, 0.717) is 38.1 Å². The minimum Gasteiger partial charge on any atom is -0.466 e. The zero-order chi connectivity index (χ0) is 15.5. The minimum absolute atomic E-state index is 0.149. The van der Waals surface area contributed by atoms with Crippen LogP contribution in [0.25, 0.3) is 0 Å². The van der Waals surface area contributed by atoms with Gasteiger partial charge in [0.1, 0.15) is 0 Å². The third kappa shape index (κ3) is 7.45. The topological polar surface area (TPSA) is 84.5 Å². The number of hydrogen-bond donors (Lipinski definition) is 2. The van der Waals surface area contributed by atoms with Crippen molar-refractivity contribution in [1.29, 1.82) is 0 Å². The number of carbonyl (C=O) groups excluding carboxylic acids is 3. The third-order valence-electron chi connectivity index (χ3n) is 2.61. The Kier molecular flexibility index (Phi) is 8.11. The summed E-state index contributed by atoms with van der Waals surface area (Å²) >= 11 is 1.45. The summed E-state index contributed by atoms with van der Waals surface area (Å²) in [4.78, 5) is 34.2. The van der Waals surface area contributed by atoms with Gasteiger partial charge in [0, 0.05) is 36.9 Å². The van der Waals surface area contributed by atoms with Crippen LogP contribution in [-0.4, -0.2) is 37.5 Å². The maximum Gasteiger partial charge on any atom is 0.305 e. The first-order chi connectivity index (χ1) is 10.1. The average Bonchev–Trinajstić information content (AvgIpc) is 2.98. The summed E-state index contributed by atoms with van der Waals surface area (Å²) in [6.07, 6.45) is 1.06. The lowest BCUT2D eigenvalue weighted by Gasteiger charge is -2.06. The largest absolute Gasteiger partial charge is 0.466 e. The molecule has 1 aromatic heterocycles. The lowest BCUT2D eigenvalue weighted by atomic mass is 10.3. The zero-order valence-corrected chi connectivity index (χ0v) is 12.8. The van der Waals surface area contributed by atoms with Gasteiger partial charge in [0.15, 0.2) is 0 Å². The fourth-order valence-electron chi connectivity index (χ4n) is 1.57. The van der Waals surface area contributed by atoms with E-state index in [1.807, 2.05) is 5.38 Å². The highest BCUT2D eigenvalue weighted by Gasteiger charge is 2.07. The van der Waals surface area contributed by atoms with Crippen LogP contribution in [0.1, 0.15) is 36.5 Å². The summed E-state index contributed by atoms with van der Waals surface area (Å²) in [6, 6.07) is 1.73. The van der Waals surface area contributed by atoms with Crippen molar-refractivity contribution in [2.24, 2.45) is 0 Å². The van der Waals surface area contributed by atoms with Crippen molar-refractivity contribution in [3.63, 3.8) is 0 Å². The number of thiophene rings is 1. The van der Waals surface area contributed by atoms with E-state index in [4.69, 9.17) is 4.74 Å². The van der Waals surface area contributed by atoms with Crippen LogP contribution in [0, 0.1) is 0 Å². The number of nitrogens with one attached hydrogen (secondary N) is 2. The van der Waals surface area contributed by atoms with Crippen LogP contribution in [0.4, 0.5) is 0 Å². The van der Waals surface area contributed by atoms with E-state index < -0.39 is 0 Å². The van der Waals surface area contributed by atoms with Gasteiger partial charge in [-0.25, -0.2) is 0 Å². The molecule has 0 fully saturated rings. The minimum atomic E-state index is -0.255. The summed E-state index contributed by atoms with van der Waals surface area (Å²) < 4.78 is 4.78. The van der Waals surface area contributed by atoms with E-state index in [9.17, 15) is 14.4 Å². The van der Waals surface area contributed by atoms with Gasteiger partial charge in [0.2, 0.25) is 5.91 Å². The molecule has 6 nitrogen and oxygen atoms in total. The van der Waals surface area contributed by atoms with Crippen molar-refractivity contribution in [2.45, 2.75) is 26.2 Å². The molecule has 1 heterocycles. The molecule has 0 aromatic carbocycles. The van der Waals surface area contributed by atoms with Gasteiger partial charge in [-0.1, -0.05) is 0 Å². The Bertz CT molecular complexity index is 460. The molecule has 0 saturated heterocycles. The van der Waals surface area contributed by atoms with Gasteiger partial charge < -0.3 is 15.4 Å². The number of carbonyl (C=O) groups is 3. The highest BCUT2D eigenvalue weighted by molar-refractivity contribution is 7.08. The Morgan fingerprint density at radius 3 is 2.67 bits per heavy atom. The second kappa shape index (κ2) is 9.93. The number of esters is 1. The van der Waals surface area contributed by atoms with E-state index >= 15 is 0 Å². The van der Waals surface area contributed by atoms with Gasteiger partial charge in [-0.05, 0) is 24.8 Å². The first-order valence-corrected chi connectivity index (χ1v) is 7.80. The number of rotatable bonds is 9. The Balaban J connectivity index is 2.04. The van der Waals surface area contributed by atoms with Crippen LogP contribution in [0.15, 0.2) is 16.8 Å². The molecule has 0 aliphatic carbocycles. The molecule has 0 bridgehead atoms. The van der Waals surface area contributed by atoms with Crippen LogP contribution in [-0.2, 0) is 14.3 Å². The molecule has 2 amide bonds. The van der Waals surface area contributed by atoms with E-state index in [0.717, 1.165) is 0 Å². The fourth-order valence-corrected chi connectivity index (χ4v) is 2.20. The first kappa shape index (κ1) is 17.2. The molecule has 0 aliphatic heterocycles. The molecule has 116 valence electrons. The van der Waals surface area contributed by atoms with Crippen molar-refractivity contribution < 1.29 is 19.1 Å². The van der Waals surface area contributed by atoms with E-state index in [1.54, 1.807) is 18.4 Å². The summed E-state index contributed by atoms with van der Waals surface area (Å²) in [7, 11) is 0. The second-order valence-electron chi connectivity index (χ2n) is 4.28. The van der Waals surface area contributed by atoms with Crippen LogP contribution in [0.2, 0.25) is 0 Å². The van der Waals surface area contributed by atoms with Gasteiger partial charge in [-0.3, -0.25) is 14.4 Å². The van der Waals surface area contributed by atoms with Crippen molar-refractivity contribution in [3.8, 4) is 0 Å². The van der Waals surface area contributed by atoms with E-state index in [-0.39, 0.29) is 24.2 Å². The average molecular weight is 312 g/mol. The number of amides is 2. The molecule has 0 spiro atoms. The predicted octanol–water partition coefficient (Wildman–Crippen LogP) is 1.33. The van der Waals surface area contributed by atoms with E-state index in [1.165, 1.54) is 11.3 Å². The first-order valence-electron chi connectivity index (χ1n) is 6.86. The van der Waals surface area contributed by atoms with Crippen LogP contribution < -0.4 is 10.6 Å². The van der Waals surface area contributed by atoms with Crippen molar-refractivity contribution >= 4 is 29.1 Å². The van der Waals surface area contributed by atoms with Gasteiger partial charge in [0.05, 0.1) is 6.61 Å². The molecule has 1 rings (SSSR count). The second-order valence-corrected chi connectivity index (χ2v) is 5.06. The Morgan fingerprint density at radius 2 is 2.00 bits per heavy atom. The Morgan fingerprint density at radius 1 is 1.19 bits per heavy atom. The quantitative estimate of drug-likeness (QED) is 0.532. The molecule has 21 heavy (non-hydrogen) atoms. The summed E-state index contributed by atoms with van der Waals surface area (Å²) in [5.74, 6) is -0.578. The van der Waals surface area contributed by atoms with Crippen LogP contribution in [0.5, 0.6) is 0 Å². The normalized spacial score (nSPS) is 9.95. The van der Waals surface area contributed by atoms with Crippen molar-refractivity contribution in [1.82, 2.24) is 10.6 Å². The van der Waals surface area contributed by atoms with Gasteiger partial charge in [-0.2, -0.15) is 11.3 Å². The summed E-state index contributed by atoms with van der Waals surface area (Å²) in [5, 5.41) is 8.95. The maximum atomic E-state index is 11.6. The maximum absolute atomic E-state index is 11.6. The van der Waals surface area contributed by atoms with Crippen LogP contribution >= 0.6 is 11.3 Å². The lowest BCUT2D eigenvalue weighted by Crippen LogP contribution is -2.31. The number of ether oxygens (including phenoxy) is 1.